The summed E-state index contributed by atoms with van der Waals surface area (Å²) >= 11 is 0. The first-order chi connectivity index (χ1) is 13.3. The zero-order valence-electron chi connectivity index (χ0n) is 16.3. The summed E-state index contributed by atoms with van der Waals surface area (Å²) in [6.07, 6.45) is 6.47. The van der Waals surface area contributed by atoms with Gasteiger partial charge < -0.3 is 9.80 Å². The number of carbonyl (C=O) groups is 1. The second-order valence-corrected chi connectivity index (χ2v) is 7.73. The Balaban J connectivity index is 1.38. The highest BCUT2D eigenvalue weighted by molar-refractivity contribution is 5.80. The summed E-state index contributed by atoms with van der Waals surface area (Å²) in [6, 6.07) is 5.92. The van der Waals surface area contributed by atoms with Gasteiger partial charge in [0.1, 0.15) is 0 Å². The van der Waals surface area contributed by atoms with Crippen molar-refractivity contribution < 1.29 is 4.79 Å². The zero-order valence-corrected chi connectivity index (χ0v) is 16.3. The lowest BCUT2D eigenvalue weighted by molar-refractivity contribution is -0.137. The van der Waals surface area contributed by atoms with Gasteiger partial charge in [-0.25, -0.2) is 0 Å². The Kier molecular flexibility index (Phi) is 5.57. The van der Waals surface area contributed by atoms with Crippen LogP contribution in [0.2, 0.25) is 0 Å². The molecule has 7 nitrogen and oxygen atoms in total. The van der Waals surface area contributed by atoms with E-state index < -0.39 is 0 Å². The van der Waals surface area contributed by atoms with Gasteiger partial charge >= 0.3 is 0 Å². The van der Waals surface area contributed by atoms with E-state index in [2.05, 4.69) is 31.8 Å². The quantitative estimate of drug-likeness (QED) is 0.804. The number of nitrogens with zero attached hydrogens (tertiary/aromatic N) is 6. The molecular weight excluding hydrogens is 340 g/mol. The third kappa shape index (κ3) is 3.93. The Morgan fingerprint density at radius 2 is 2.00 bits per heavy atom. The number of amides is 1. The molecule has 27 heavy (non-hydrogen) atoms. The predicted molar refractivity (Wildman–Crippen MR) is 106 cm³/mol. The number of unbranched alkanes of at least 4 members (excludes halogenated alkanes) is 1. The molecular formula is C20H30N6O. The van der Waals surface area contributed by atoms with Gasteiger partial charge in [-0.1, -0.05) is 19.4 Å². The SMILES string of the molecule is CCCCN1CCN(C(=O)C2CCCN(c3nnc4ccccn34)C2)CC1. The number of anilines is 1. The average molecular weight is 371 g/mol. The Hall–Kier alpha value is -2.15. The largest absolute Gasteiger partial charge is 0.340 e. The molecule has 0 radical (unpaired) electrons. The van der Waals surface area contributed by atoms with Gasteiger partial charge in [0.05, 0.1) is 5.92 Å². The van der Waals surface area contributed by atoms with Crippen LogP contribution in [0.15, 0.2) is 24.4 Å². The first-order valence-corrected chi connectivity index (χ1v) is 10.3. The van der Waals surface area contributed by atoms with E-state index in [-0.39, 0.29) is 5.92 Å². The molecule has 0 spiro atoms. The number of hydrogen-bond acceptors (Lipinski definition) is 5. The Labute approximate surface area is 160 Å². The van der Waals surface area contributed by atoms with E-state index in [4.69, 9.17) is 0 Å². The predicted octanol–water partition coefficient (Wildman–Crippen LogP) is 1.89. The lowest BCUT2D eigenvalue weighted by atomic mass is 9.96. The fourth-order valence-corrected chi connectivity index (χ4v) is 4.24. The highest BCUT2D eigenvalue weighted by atomic mass is 16.2. The molecule has 0 aliphatic carbocycles. The average Bonchev–Trinajstić information content (AvgIpc) is 3.16. The first-order valence-electron chi connectivity index (χ1n) is 10.3. The number of aromatic nitrogens is 3. The maximum absolute atomic E-state index is 13.1. The Morgan fingerprint density at radius 1 is 1.15 bits per heavy atom. The Morgan fingerprint density at radius 3 is 2.81 bits per heavy atom. The molecule has 146 valence electrons. The van der Waals surface area contributed by atoms with E-state index in [0.717, 1.165) is 70.3 Å². The summed E-state index contributed by atoms with van der Waals surface area (Å²) in [5, 5.41) is 8.63. The monoisotopic (exact) mass is 370 g/mol. The van der Waals surface area contributed by atoms with Crippen LogP contribution in [0.4, 0.5) is 5.95 Å². The summed E-state index contributed by atoms with van der Waals surface area (Å²) in [6.45, 7) is 8.82. The third-order valence-electron chi connectivity index (χ3n) is 5.86. The number of carbonyl (C=O) groups excluding carboxylic acids is 1. The van der Waals surface area contributed by atoms with Gasteiger partial charge in [0.15, 0.2) is 5.65 Å². The van der Waals surface area contributed by atoms with Gasteiger partial charge in [-0.15, -0.1) is 10.2 Å². The van der Waals surface area contributed by atoms with Crippen molar-refractivity contribution in [3.63, 3.8) is 0 Å². The normalized spacial score (nSPS) is 21.7. The molecule has 4 rings (SSSR count). The van der Waals surface area contributed by atoms with Crippen LogP contribution in [-0.2, 0) is 4.79 Å². The van der Waals surface area contributed by atoms with Crippen molar-refractivity contribution in [3.8, 4) is 0 Å². The second-order valence-electron chi connectivity index (χ2n) is 7.73. The van der Waals surface area contributed by atoms with Crippen LogP contribution in [0.25, 0.3) is 5.65 Å². The van der Waals surface area contributed by atoms with Gasteiger partial charge in [-0.05, 0) is 37.9 Å². The van der Waals surface area contributed by atoms with Crippen LogP contribution >= 0.6 is 0 Å². The molecule has 2 aromatic rings. The minimum Gasteiger partial charge on any atom is -0.340 e. The molecule has 2 aliphatic heterocycles. The summed E-state index contributed by atoms with van der Waals surface area (Å²) in [5.41, 5.74) is 0.851. The molecule has 1 unspecified atom stereocenters. The molecule has 2 aromatic heterocycles. The maximum Gasteiger partial charge on any atom is 0.231 e. The summed E-state index contributed by atoms with van der Waals surface area (Å²) < 4.78 is 2.01. The fraction of sp³-hybridized carbons (Fsp3) is 0.650. The van der Waals surface area contributed by atoms with Gasteiger partial charge in [-0.3, -0.25) is 14.1 Å². The lowest BCUT2D eigenvalue weighted by Crippen LogP contribution is -2.52. The van der Waals surface area contributed by atoms with Crippen LogP contribution < -0.4 is 4.90 Å². The molecule has 1 amide bonds. The molecule has 0 N–H and O–H groups in total. The van der Waals surface area contributed by atoms with Crippen molar-refractivity contribution in [3.05, 3.63) is 24.4 Å². The number of rotatable bonds is 5. The van der Waals surface area contributed by atoms with Crippen molar-refractivity contribution >= 4 is 17.5 Å². The van der Waals surface area contributed by atoms with E-state index in [1.165, 1.54) is 12.8 Å². The molecule has 0 bridgehead atoms. The van der Waals surface area contributed by atoms with Gasteiger partial charge in [-0.2, -0.15) is 0 Å². The van der Waals surface area contributed by atoms with Gasteiger partial charge in [0.2, 0.25) is 11.9 Å². The molecule has 2 fully saturated rings. The van der Waals surface area contributed by atoms with Gasteiger partial charge in [0, 0.05) is 45.5 Å². The van der Waals surface area contributed by atoms with E-state index in [1.54, 1.807) is 0 Å². The summed E-state index contributed by atoms with van der Waals surface area (Å²) in [5.74, 6) is 1.24. The number of pyridine rings is 1. The van der Waals surface area contributed by atoms with Crippen molar-refractivity contribution in [2.24, 2.45) is 5.92 Å². The second kappa shape index (κ2) is 8.25. The van der Waals surface area contributed by atoms with Crippen molar-refractivity contribution in [2.45, 2.75) is 32.6 Å². The smallest absolute Gasteiger partial charge is 0.231 e. The number of piperidine rings is 1. The Bertz CT molecular complexity index is 767. The third-order valence-corrected chi connectivity index (χ3v) is 5.86. The first kappa shape index (κ1) is 18.2. The molecule has 2 aliphatic rings. The number of fused-ring (bicyclic) bond motifs is 1. The van der Waals surface area contributed by atoms with E-state index in [1.807, 2.05) is 28.8 Å². The zero-order chi connectivity index (χ0) is 18.6. The minimum atomic E-state index is 0.0667. The van der Waals surface area contributed by atoms with Crippen LogP contribution in [0.1, 0.15) is 32.6 Å². The summed E-state index contributed by atoms with van der Waals surface area (Å²) in [7, 11) is 0. The van der Waals surface area contributed by atoms with Crippen molar-refractivity contribution in [1.82, 2.24) is 24.4 Å². The lowest BCUT2D eigenvalue weighted by Gasteiger charge is -2.39. The minimum absolute atomic E-state index is 0.0667. The van der Waals surface area contributed by atoms with E-state index >= 15 is 0 Å². The molecule has 2 saturated heterocycles. The number of hydrogen-bond donors (Lipinski definition) is 0. The highest BCUT2D eigenvalue weighted by Gasteiger charge is 2.32. The van der Waals surface area contributed by atoms with Crippen LogP contribution in [0.5, 0.6) is 0 Å². The van der Waals surface area contributed by atoms with E-state index in [9.17, 15) is 4.79 Å². The van der Waals surface area contributed by atoms with Crippen molar-refractivity contribution in [2.75, 3.05) is 50.7 Å². The highest BCUT2D eigenvalue weighted by Crippen LogP contribution is 2.24. The molecule has 4 heterocycles. The van der Waals surface area contributed by atoms with E-state index in [0.29, 0.717) is 5.91 Å². The summed E-state index contributed by atoms with van der Waals surface area (Å²) in [4.78, 5) is 19.9. The fourth-order valence-electron chi connectivity index (χ4n) is 4.24. The van der Waals surface area contributed by atoms with Crippen LogP contribution in [0.3, 0.4) is 0 Å². The maximum atomic E-state index is 13.1. The van der Waals surface area contributed by atoms with Gasteiger partial charge in [0.25, 0.3) is 0 Å². The standard InChI is InChI=1S/C20H30N6O/c1-2-3-9-23-12-14-24(15-13-23)19(27)17-7-6-10-25(16-17)20-22-21-18-8-4-5-11-26(18)20/h4-5,8,11,17H,2-3,6-7,9-10,12-16H2,1H3. The topological polar surface area (TPSA) is 57.0 Å². The van der Waals surface area contributed by atoms with Crippen molar-refractivity contribution in [1.29, 1.82) is 0 Å². The van der Waals surface area contributed by atoms with Crippen LogP contribution in [0, 0.1) is 5.92 Å². The number of piperazine rings is 1. The van der Waals surface area contributed by atoms with Crippen LogP contribution in [-0.4, -0.2) is 76.1 Å². The molecule has 0 aromatic carbocycles. The molecule has 0 saturated carbocycles. The molecule has 7 heteroatoms. The molecule has 1 atom stereocenters.